The zero-order valence-corrected chi connectivity index (χ0v) is 22.3. The number of para-hydroxylation sites is 1. The van der Waals surface area contributed by atoms with Crippen molar-refractivity contribution in [1.29, 1.82) is 0 Å². The van der Waals surface area contributed by atoms with Gasteiger partial charge in [-0.05, 0) is 92.1 Å². The number of hydrogen-bond donors (Lipinski definition) is 0. The van der Waals surface area contributed by atoms with Gasteiger partial charge in [0.1, 0.15) is 17.0 Å². The quantitative estimate of drug-likeness (QED) is 0.226. The van der Waals surface area contributed by atoms with Gasteiger partial charge in [0.25, 0.3) is 0 Å². The van der Waals surface area contributed by atoms with Gasteiger partial charge in [-0.2, -0.15) is 0 Å². The van der Waals surface area contributed by atoms with E-state index < -0.39 is 0 Å². The first-order valence-corrected chi connectivity index (χ1v) is 13.1. The van der Waals surface area contributed by atoms with Crippen molar-refractivity contribution in [1.82, 2.24) is 9.97 Å². The Balaban J connectivity index is 1.51. The molecule has 0 aliphatic carbocycles. The third kappa shape index (κ3) is 3.35. The van der Waals surface area contributed by atoms with E-state index in [-0.39, 0.29) is 0 Å². The Morgan fingerprint density at radius 3 is 2.21 bits per heavy atom. The lowest BCUT2D eigenvalue weighted by molar-refractivity contribution is 0.670. The van der Waals surface area contributed by atoms with Crippen LogP contribution in [0.5, 0.6) is 0 Å². The summed E-state index contributed by atoms with van der Waals surface area (Å²) in [6, 6.07) is 28.2. The number of aromatic nitrogens is 2. The largest absolute Gasteiger partial charge is 0.455 e. The molecule has 0 fully saturated rings. The van der Waals surface area contributed by atoms with E-state index in [1.807, 2.05) is 6.92 Å². The first-order chi connectivity index (χ1) is 18.4. The van der Waals surface area contributed by atoms with E-state index in [0.29, 0.717) is 0 Å². The van der Waals surface area contributed by atoms with E-state index in [1.165, 1.54) is 44.2 Å². The smallest absolute Gasteiger partial charge is 0.144 e. The third-order valence-electron chi connectivity index (χ3n) is 7.76. The fourth-order valence-electron chi connectivity index (χ4n) is 6.17. The highest BCUT2D eigenvalue weighted by Gasteiger charge is 2.18. The minimum absolute atomic E-state index is 0.755. The van der Waals surface area contributed by atoms with Gasteiger partial charge in [-0.1, -0.05) is 60.2 Å². The number of nitrogens with zero attached hydrogens (tertiary/aromatic N) is 2. The summed E-state index contributed by atoms with van der Waals surface area (Å²) in [6.45, 7) is 10.6. The minimum Gasteiger partial charge on any atom is -0.455 e. The van der Waals surface area contributed by atoms with Crippen LogP contribution in [0, 0.1) is 34.6 Å². The van der Waals surface area contributed by atoms with Crippen LogP contribution in [0.15, 0.2) is 83.3 Å². The van der Waals surface area contributed by atoms with Gasteiger partial charge in [0.15, 0.2) is 0 Å². The molecule has 2 aromatic heterocycles. The Hall–Kier alpha value is -4.50. The second-order valence-electron chi connectivity index (χ2n) is 10.5. The first-order valence-electron chi connectivity index (χ1n) is 13.1. The van der Waals surface area contributed by atoms with Crippen molar-refractivity contribution >= 4 is 43.6 Å². The standard InChI is InChI=1S/C35H28N2O/c1-19-16-22(4)32-24(17-19)13-15-28-33(36-23(5)37-34(28)32)29-11-7-10-27-26-14-12-25(18-30(26)38-35(27)29)31-20(2)8-6-9-21(31)3/h6-18H,1-5H3. The van der Waals surface area contributed by atoms with Crippen LogP contribution in [0.4, 0.5) is 0 Å². The van der Waals surface area contributed by atoms with Crippen LogP contribution in [-0.2, 0) is 0 Å². The molecular formula is C35H28N2O. The zero-order valence-electron chi connectivity index (χ0n) is 22.3. The highest BCUT2D eigenvalue weighted by molar-refractivity contribution is 6.15. The fourth-order valence-corrected chi connectivity index (χ4v) is 6.17. The second-order valence-corrected chi connectivity index (χ2v) is 10.5. The molecule has 0 unspecified atom stereocenters. The number of hydrogen-bond acceptors (Lipinski definition) is 3. The van der Waals surface area contributed by atoms with E-state index in [2.05, 4.69) is 107 Å². The van der Waals surface area contributed by atoms with Gasteiger partial charge in [-0.15, -0.1) is 0 Å². The molecule has 0 spiro atoms. The monoisotopic (exact) mass is 492 g/mol. The number of benzene rings is 5. The molecule has 3 heteroatoms. The van der Waals surface area contributed by atoms with Crippen LogP contribution in [0.2, 0.25) is 0 Å². The average Bonchev–Trinajstić information content (AvgIpc) is 3.25. The Labute approximate surface area is 221 Å². The van der Waals surface area contributed by atoms with Crippen molar-refractivity contribution < 1.29 is 4.42 Å². The van der Waals surface area contributed by atoms with Crippen LogP contribution in [0.25, 0.3) is 66.0 Å². The fraction of sp³-hybridized carbons (Fsp3) is 0.143. The molecule has 0 bridgehead atoms. The molecule has 0 atom stereocenters. The van der Waals surface area contributed by atoms with Crippen LogP contribution in [-0.4, -0.2) is 9.97 Å². The Morgan fingerprint density at radius 2 is 1.39 bits per heavy atom. The summed E-state index contributed by atoms with van der Waals surface area (Å²) >= 11 is 0. The summed E-state index contributed by atoms with van der Waals surface area (Å²) < 4.78 is 6.64. The summed E-state index contributed by atoms with van der Waals surface area (Å²) in [5.74, 6) is 0.755. The second kappa shape index (κ2) is 8.26. The predicted molar refractivity (Wildman–Crippen MR) is 159 cm³/mol. The van der Waals surface area contributed by atoms with E-state index in [0.717, 1.165) is 49.9 Å². The van der Waals surface area contributed by atoms with Gasteiger partial charge in [-0.3, -0.25) is 0 Å². The third-order valence-corrected chi connectivity index (χ3v) is 7.76. The molecule has 0 radical (unpaired) electrons. The Bertz CT molecular complexity index is 2060. The summed E-state index contributed by atoms with van der Waals surface area (Å²) in [5, 5.41) is 5.65. The lowest BCUT2D eigenvalue weighted by Crippen LogP contribution is -1.96. The van der Waals surface area contributed by atoms with Crippen molar-refractivity contribution in [2.45, 2.75) is 34.6 Å². The van der Waals surface area contributed by atoms with Crippen LogP contribution in [0.3, 0.4) is 0 Å². The van der Waals surface area contributed by atoms with Crippen molar-refractivity contribution in [3.05, 3.63) is 107 Å². The Morgan fingerprint density at radius 1 is 0.632 bits per heavy atom. The molecule has 5 aromatic carbocycles. The minimum atomic E-state index is 0.755. The van der Waals surface area contributed by atoms with E-state index in [1.54, 1.807) is 0 Å². The zero-order chi connectivity index (χ0) is 26.1. The molecule has 0 aliphatic heterocycles. The normalized spacial score (nSPS) is 11.8. The van der Waals surface area contributed by atoms with E-state index >= 15 is 0 Å². The molecule has 2 heterocycles. The predicted octanol–water partition coefficient (Wildman–Crippen LogP) is 9.56. The molecule has 184 valence electrons. The van der Waals surface area contributed by atoms with E-state index in [4.69, 9.17) is 14.4 Å². The van der Waals surface area contributed by atoms with Crippen molar-refractivity contribution in [2.75, 3.05) is 0 Å². The maximum absolute atomic E-state index is 6.64. The molecule has 38 heavy (non-hydrogen) atoms. The van der Waals surface area contributed by atoms with Crippen LogP contribution < -0.4 is 0 Å². The number of furan rings is 1. The van der Waals surface area contributed by atoms with Crippen LogP contribution >= 0.6 is 0 Å². The number of fused-ring (bicyclic) bond motifs is 6. The summed E-state index contributed by atoms with van der Waals surface area (Å²) in [6.07, 6.45) is 0. The first kappa shape index (κ1) is 22.7. The maximum atomic E-state index is 6.64. The van der Waals surface area contributed by atoms with Crippen molar-refractivity contribution in [2.24, 2.45) is 0 Å². The average molecular weight is 493 g/mol. The molecule has 3 nitrogen and oxygen atoms in total. The van der Waals surface area contributed by atoms with Gasteiger partial charge < -0.3 is 4.42 Å². The molecular weight excluding hydrogens is 464 g/mol. The molecule has 0 aliphatic rings. The van der Waals surface area contributed by atoms with Gasteiger partial charge >= 0.3 is 0 Å². The highest BCUT2D eigenvalue weighted by Crippen LogP contribution is 2.40. The van der Waals surface area contributed by atoms with Gasteiger partial charge in [0.2, 0.25) is 0 Å². The molecule has 7 aromatic rings. The molecule has 0 N–H and O–H groups in total. The SMILES string of the molecule is Cc1cc(C)c2c(ccc3c(-c4cccc5c4oc4cc(-c6c(C)cccc6C)ccc45)nc(C)nc32)c1. The lowest BCUT2D eigenvalue weighted by atomic mass is 9.95. The van der Waals surface area contributed by atoms with Crippen LogP contribution in [0.1, 0.15) is 28.1 Å². The maximum Gasteiger partial charge on any atom is 0.144 e. The summed E-state index contributed by atoms with van der Waals surface area (Å²) in [7, 11) is 0. The van der Waals surface area contributed by atoms with Gasteiger partial charge in [0.05, 0.1) is 11.2 Å². The van der Waals surface area contributed by atoms with Gasteiger partial charge in [-0.25, -0.2) is 9.97 Å². The van der Waals surface area contributed by atoms with E-state index in [9.17, 15) is 0 Å². The van der Waals surface area contributed by atoms with Crippen molar-refractivity contribution in [3.8, 4) is 22.4 Å². The molecule has 7 rings (SSSR count). The van der Waals surface area contributed by atoms with Gasteiger partial charge in [0, 0.05) is 27.1 Å². The highest BCUT2D eigenvalue weighted by atomic mass is 16.3. The molecule has 0 saturated carbocycles. The number of rotatable bonds is 2. The molecule has 0 amide bonds. The summed E-state index contributed by atoms with van der Waals surface area (Å²) in [5.41, 5.74) is 12.1. The molecule has 0 saturated heterocycles. The topological polar surface area (TPSA) is 38.9 Å². The van der Waals surface area contributed by atoms with Crippen molar-refractivity contribution in [3.63, 3.8) is 0 Å². The summed E-state index contributed by atoms with van der Waals surface area (Å²) in [4.78, 5) is 9.89. The lowest BCUT2D eigenvalue weighted by Gasteiger charge is -2.12. The Kier molecular flexibility index (Phi) is 4.93. The number of aryl methyl sites for hydroxylation is 5.